The highest BCUT2D eigenvalue weighted by Crippen LogP contribution is 2.52. The van der Waals surface area contributed by atoms with Gasteiger partial charge in [-0.15, -0.1) is 10.2 Å². The third-order valence-corrected chi connectivity index (χ3v) is 6.90. The van der Waals surface area contributed by atoms with Gasteiger partial charge in [0.25, 0.3) is 0 Å². The van der Waals surface area contributed by atoms with E-state index < -0.39 is 0 Å². The maximum absolute atomic E-state index is 12.5. The van der Waals surface area contributed by atoms with Crippen LogP contribution in [0.1, 0.15) is 19.8 Å². The Hall–Kier alpha value is -1.74. The monoisotopic (exact) mass is 378 g/mol. The Morgan fingerprint density at radius 3 is 2.60 bits per heavy atom. The summed E-state index contributed by atoms with van der Waals surface area (Å²) in [4.78, 5) is 38.5. The van der Waals surface area contributed by atoms with Gasteiger partial charge in [0.05, 0.1) is 11.8 Å². The fraction of sp³-hybridized carbons (Fsp3) is 0.562. The van der Waals surface area contributed by atoms with Crippen LogP contribution in [-0.4, -0.2) is 45.1 Å². The van der Waals surface area contributed by atoms with Crippen LogP contribution in [0, 0.1) is 23.7 Å². The summed E-state index contributed by atoms with van der Waals surface area (Å²) in [5.74, 6) is 0.380. The first kappa shape index (κ1) is 16.7. The zero-order chi connectivity index (χ0) is 17.6. The fourth-order valence-corrected chi connectivity index (χ4v) is 5.69. The Morgan fingerprint density at radius 1 is 1.28 bits per heavy atom. The second kappa shape index (κ2) is 6.53. The maximum Gasteiger partial charge on any atom is 0.233 e. The van der Waals surface area contributed by atoms with Gasteiger partial charge < -0.3 is 5.32 Å². The molecule has 1 aliphatic heterocycles. The highest BCUT2D eigenvalue weighted by Gasteiger charge is 2.58. The van der Waals surface area contributed by atoms with E-state index in [9.17, 15) is 14.4 Å². The molecule has 1 saturated carbocycles. The van der Waals surface area contributed by atoms with E-state index in [4.69, 9.17) is 0 Å². The Balaban J connectivity index is 1.33. The van der Waals surface area contributed by atoms with Gasteiger partial charge in [-0.1, -0.05) is 42.2 Å². The Kier molecular flexibility index (Phi) is 4.36. The summed E-state index contributed by atoms with van der Waals surface area (Å²) in [5, 5.41) is 11.0. The van der Waals surface area contributed by atoms with Crippen molar-refractivity contribution in [1.29, 1.82) is 0 Å². The lowest BCUT2D eigenvalue weighted by Crippen LogP contribution is -2.35. The molecule has 132 valence electrons. The summed E-state index contributed by atoms with van der Waals surface area (Å²) >= 11 is 2.88. The molecule has 2 aliphatic carbocycles. The SMILES string of the molecule is CCSc1nnc(NC(=O)CCN2C(=O)[C@@H]3[C@H](C2=O)[C@H]2C=C[C@H]3C2)s1. The standard InChI is InChI=1S/C16H18N4O3S2/c1-2-24-16-19-18-15(25-16)17-10(21)5-6-20-13(22)11-8-3-4-9(7-8)12(11)14(20)23/h3-4,8-9,11-12H,2,5-7H2,1H3,(H,17,18,21)/t8-,9-,11-,12+/m0/s1. The minimum Gasteiger partial charge on any atom is -0.300 e. The van der Waals surface area contributed by atoms with Gasteiger partial charge in [0.15, 0.2) is 4.34 Å². The predicted octanol–water partition coefficient (Wildman–Crippen LogP) is 1.79. The van der Waals surface area contributed by atoms with Crippen LogP contribution in [0.5, 0.6) is 0 Å². The van der Waals surface area contributed by atoms with Crippen molar-refractivity contribution in [3.05, 3.63) is 12.2 Å². The lowest BCUT2D eigenvalue weighted by molar-refractivity contribution is -0.140. The molecule has 3 aliphatic rings. The van der Waals surface area contributed by atoms with E-state index in [0.29, 0.717) is 5.13 Å². The lowest BCUT2D eigenvalue weighted by atomic mass is 9.85. The first-order valence-corrected chi connectivity index (χ1v) is 10.2. The van der Waals surface area contributed by atoms with Crippen molar-refractivity contribution in [2.45, 2.75) is 24.1 Å². The second-order valence-corrected chi connectivity index (χ2v) is 8.92. The number of hydrogen-bond acceptors (Lipinski definition) is 7. The van der Waals surface area contributed by atoms with E-state index in [-0.39, 0.29) is 54.4 Å². The number of rotatable bonds is 6. The number of thioether (sulfide) groups is 1. The molecule has 25 heavy (non-hydrogen) atoms. The van der Waals surface area contributed by atoms with E-state index in [1.54, 1.807) is 11.8 Å². The minimum atomic E-state index is -0.261. The Labute approximate surface area is 153 Å². The van der Waals surface area contributed by atoms with Crippen molar-refractivity contribution < 1.29 is 14.4 Å². The van der Waals surface area contributed by atoms with Crippen LogP contribution >= 0.6 is 23.1 Å². The molecule has 4 rings (SSSR count). The summed E-state index contributed by atoms with van der Waals surface area (Å²) in [6, 6.07) is 0. The van der Waals surface area contributed by atoms with Crippen LogP contribution in [0.25, 0.3) is 0 Å². The minimum absolute atomic E-state index is 0.0789. The summed E-state index contributed by atoms with van der Waals surface area (Å²) in [5.41, 5.74) is 0. The first-order valence-electron chi connectivity index (χ1n) is 8.38. The summed E-state index contributed by atoms with van der Waals surface area (Å²) < 4.78 is 0.804. The molecule has 0 aromatic carbocycles. The van der Waals surface area contributed by atoms with Gasteiger partial charge in [-0.05, 0) is 24.0 Å². The second-order valence-electron chi connectivity index (χ2n) is 6.43. The van der Waals surface area contributed by atoms with Crippen molar-refractivity contribution in [1.82, 2.24) is 15.1 Å². The maximum atomic E-state index is 12.5. The first-order chi connectivity index (χ1) is 12.1. The van der Waals surface area contributed by atoms with Crippen LogP contribution in [0.3, 0.4) is 0 Å². The molecule has 4 atom stereocenters. The molecule has 9 heteroatoms. The van der Waals surface area contributed by atoms with Crippen LogP contribution in [0.4, 0.5) is 5.13 Å². The predicted molar refractivity (Wildman–Crippen MR) is 94.0 cm³/mol. The van der Waals surface area contributed by atoms with Gasteiger partial charge in [-0.3, -0.25) is 19.3 Å². The van der Waals surface area contributed by atoms with Crippen LogP contribution in [-0.2, 0) is 14.4 Å². The summed E-state index contributed by atoms with van der Waals surface area (Å²) in [6.45, 7) is 2.15. The average Bonchev–Trinajstić information content (AvgIpc) is 3.33. The van der Waals surface area contributed by atoms with Gasteiger partial charge in [-0.2, -0.15) is 0 Å². The molecule has 0 unspecified atom stereocenters. The molecule has 1 aromatic heterocycles. The smallest absolute Gasteiger partial charge is 0.233 e. The molecule has 0 radical (unpaired) electrons. The normalized spacial score (nSPS) is 29.6. The van der Waals surface area contributed by atoms with Crippen molar-refractivity contribution in [3.8, 4) is 0 Å². The molecule has 3 amide bonds. The zero-order valence-electron chi connectivity index (χ0n) is 13.7. The van der Waals surface area contributed by atoms with E-state index in [1.807, 2.05) is 6.92 Å². The number of imide groups is 1. The van der Waals surface area contributed by atoms with Crippen LogP contribution in [0.2, 0.25) is 0 Å². The van der Waals surface area contributed by atoms with E-state index >= 15 is 0 Å². The highest BCUT2D eigenvalue weighted by molar-refractivity contribution is 8.01. The molecular weight excluding hydrogens is 360 g/mol. The molecule has 2 bridgehead atoms. The van der Waals surface area contributed by atoms with Crippen LogP contribution in [0.15, 0.2) is 16.5 Å². The number of allylic oxidation sites excluding steroid dienone is 2. The number of fused-ring (bicyclic) bond motifs is 5. The number of carbonyl (C=O) groups is 3. The van der Waals surface area contributed by atoms with Crippen molar-refractivity contribution >= 4 is 46.0 Å². The molecular formula is C16H18N4O3S2. The average molecular weight is 378 g/mol. The van der Waals surface area contributed by atoms with Gasteiger partial charge in [0.2, 0.25) is 22.9 Å². The number of nitrogens with one attached hydrogen (secondary N) is 1. The van der Waals surface area contributed by atoms with E-state index in [0.717, 1.165) is 16.5 Å². The number of nitrogens with zero attached hydrogens (tertiary/aromatic N) is 3. The van der Waals surface area contributed by atoms with Crippen molar-refractivity contribution in [3.63, 3.8) is 0 Å². The molecule has 1 N–H and O–H groups in total. The van der Waals surface area contributed by atoms with E-state index in [2.05, 4.69) is 27.7 Å². The zero-order valence-corrected chi connectivity index (χ0v) is 15.3. The molecule has 2 heterocycles. The van der Waals surface area contributed by atoms with Crippen LogP contribution < -0.4 is 5.32 Å². The molecule has 2 fully saturated rings. The molecule has 0 spiro atoms. The summed E-state index contributed by atoms with van der Waals surface area (Å²) in [7, 11) is 0. The largest absolute Gasteiger partial charge is 0.300 e. The number of hydrogen-bond donors (Lipinski definition) is 1. The van der Waals surface area contributed by atoms with Gasteiger partial charge in [0, 0.05) is 13.0 Å². The quantitative estimate of drug-likeness (QED) is 0.351. The third-order valence-electron chi connectivity index (χ3n) is 5.04. The topological polar surface area (TPSA) is 92.3 Å². The van der Waals surface area contributed by atoms with E-state index in [1.165, 1.54) is 16.2 Å². The number of carbonyl (C=O) groups excluding carboxylic acids is 3. The van der Waals surface area contributed by atoms with Gasteiger partial charge in [-0.25, -0.2) is 0 Å². The number of anilines is 1. The number of aromatic nitrogens is 2. The highest BCUT2D eigenvalue weighted by atomic mass is 32.2. The molecule has 7 nitrogen and oxygen atoms in total. The van der Waals surface area contributed by atoms with Crippen molar-refractivity contribution in [2.75, 3.05) is 17.6 Å². The van der Waals surface area contributed by atoms with Crippen molar-refractivity contribution in [2.24, 2.45) is 23.7 Å². The Bertz CT molecular complexity index is 732. The number of amides is 3. The number of likely N-dealkylation sites (tertiary alicyclic amines) is 1. The molecule has 1 saturated heterocycles. The lowest BCUT2D eigenvalue weighted by Gasteiger charge is -2.16. The Morgan fingerprint density at radius 2 is 1.96 bits per heavy atom. The van der Waals surface area contributed by atoms with Gasteiger partial charge >= 0.3 is 0 Å². The summed E-state index contributed by atoms with van der Waals surface area (Å²) in [6.07, 6.45) is 5.12. The molecule has 1 aromatic rings. The van der Waals surface area contributed by atoms with Gasteiger partial charge in [0.1, 0.15) is 0 Å². The fourth-order valence-electron chi connectivity index (χ4n) is 4.02. The third kappa shape index (κ3) is 2.89.